The molecular formula is C36H35NO2P2. The summed E-state index contributed by atoms with van der Waals surface area (Å²) in [7, 11) is -3.71. The van der Waals surface area contributed by atoms with Gasteiger partial charge < -0.3 is 9.46 Å². The van der Waals surface area contributed by atoms with E-state index in [0.717, 1.165) is 15.9 Å². The van der Waals surface area contributed by atoms with E-state index in [0.29, 0.717) is 28.7 Å². The van der Waals surface area contributed by atoms with Crippen molar-refractivity contribution in [3.05, 3.63) is 152 Å². The number of carbonyl (C=O) groups is 1. The molecule has 5 aromatic rings. The van der Waals surface area contributed by atoms with Gasteiger partial charge in [0.25, 0.3) is 5.91 Å². The van der Waals surface area contributed by atoms with Gasteiger partial charge in [0.05, 0.1) is 5.03 Å². The Morgan fingerprint density at radius 3 is 1.02 bits per heavy atom. The molecule has 0 aliphatic rings. The summed E-state index contributed by atoms with van der Waals surface area (Å²) in [6.45, 7) is 2.02. The van der Waals surface area contributed by atoms with Gasteiger partial charge in [-0.05, 0) is 36.6 Å². The molecule has 5 heteroatoms. The second kappa shape index (κ2) is 12.7. The maximum atomic E-state index is 16.4. The molecule has 5 aromatic carbocycles. The van der Waals surface area contributed by atoms with Crippen molar-refractivity contribution in [2.45, 2.75) is 13.8 Å². The van der Waals surface area contributed by atoms with Crippen molar-refractivity contribution >= 4 is 51.5 Å². The number of rotatable bonds is 9. The van der Waals surface area contributed by atoms with Crippen LogP contribution in [0.5, 0.6) is 0 Å². The van der Waals surface area contributed by atoms with Crippen LogP contribution in [0.4, 0.5) is 0 Å². The number of carbonyl (C=O) groups excluding carboxylic acids is 1. The molecule has 1 amide bonds. The van der Waals surface area contributed by atoms with Crippen molar-refractivity contribution in [3.8, 4) is 0 Å². The Labute approximate surface area is 243 Å². The average Bonchev–Trinajstić information content (AvgIpc) is 3.06. The topological polar surface area (TPSA) is 37.4 Å². The molecule has 41 heavy (non-hydrogen) atoms. The smallest absolute Gasteiger partial charge is 0.259 e. The summed E-state index contributed by atoms with van der Waals surface area (Å²) in [6.07, 6.45) is 0. The highest BCUT2D eigenvalue weighted by atomic mass is 31.2. The van der Waals surface area contributed by atoms with E-state index < -0.39 is 14.0 Å². The molecule has 3 nitrogen and oxygen atoms in total. The molecule has 0 spiro atoms. The second-order valence-electron chi connectivity index (χ2n) is 9.76. The third kappa shape index (κ3) is 5.17. The second-order valence-corrected chi connectivity index (χ2v) is 16.1. The van der Waals surface area contributed by atoms with Gasteiger partial charge in [0, 0.05) is 23.7 Å². The number of hydrogen-bond donors (Lipinski definition) is 0. The van der Waals surface area contributed by atoms with E-state index in [2.05, 4.69) is 36.4 Å². The molecule has 206 valence electrons. The molecule has 0 heterocycles. The molecule has 0 radical (unpaired) electrons. The zero-order valence-corrected chi connectivity index (χ0v) is 25.3. The van der Waals surface area contributed by atoms with Gasteiger partial charge in [-0.2, -0.15) is 0 Å². The molecule has 0 aliphatic heterocycles. The van der Waals surface area contributed by atoms with E-state index in [1.54, 1.807) is 0 Å². The molecule has 0 unspecified atom stereocenters. The van der Waals surface area contributed by atoms with E-state index in [1.165, 1.54) is 0 Å². The lowest BCUT2D eigenvalue weighted by molar-refractivity contribution is -0.123. The van der Waals surface area contributed by atoms with E-state index in [4.69, 9.17) is 0 Å². The first-order valence-corrected chi connectivity index (χ1v) is 17.5. The Morgan fingerprint density at radius 2 is 0.756 bits per heavy atom. The predicted molar refractivity (Wildman–Crippen MR) is 178 cm³/mol. The standard InChI is InChI=1S/C36H35NO2P2/c1-3-37(4-2)35(38)36(41(39,33-26-16-8-17-27-33)34-28-18-9-19-29-34)40(30-20-10-5-11-21-30,31-22-12-6-13-23-31)32-24-14-7-15-25-32/h5-29H,3-4H2,1-2H3. The van der Waals surface area contributed by atoms with Crippen LogP contribution in [-0.2, 0) is 9.36 Å². The summed E-state index contributed by atoms with van der Waals surface area (Å²) in [5.74, 6) is -0.157. The average molecular weight is 576 g/mol. The summed E-state index contributed by atoms with van der Waals surface area (Å²) in [5.41, 5.74) is 0. The first kappa shape index (κ1) is 28.6. The van der Waals surface area contributed by atoms with E-state index in [-0.39, 0.29) is 5.91 Å². The number of nitrogens with zero attached hydrogens (tertiary/aromatic N) is 1. The highest BCUT2D eigenvalue weighted by molar-refractivity contribution is 8.14. The molecule has 0 aliphatic carbocycles. The molecule has 5 rings (SSSR count). The Hall–Kier alpha value is -3.90. The molecule has 0 N–H and O–H groups in total. The van der Waals surface area contributed by atoms with Crippen molar-refractivity contribution in [2.24, 2.45) is 0 Å². The van der Waals surface area contributed by atoms with Gasteiger partial charge in [0.2, 0.25) is 0 Å². The van der Waals surface area contributed by atoms with Gasteiger partial charge >= 0.3 is 0 Å². The molecule has 0 saturated carbocycles. The highest BCUT2D eigenvalue weighted by Gasteiger charge is 2.46. The minimum Gasteiger partial charge on any atom is -0.339 e. The van der Waals surface area contributed by atoms with Crippen molar-refractivity contribution in [3.63, 3.8) is 0 Å². The molecular weight excluding hydrogens is 540 g/mol. The Bertz CT molecular complexity index is 1540. The van der Waals surface area contributed by atoms with Crippen LogP contribution in [0.2, 0.25) is 0 Å². The monoisotopic (exact) mass is 575 g/mol. The van der Waals surface area contributed by atoms with Gasteiger partial charge in [-0.15, -0.1) is 0 Å². The highest BCUT2D eigenvalue weighted by Crippen LogP contribution is 2.59. The van der Waals surface area contributed by atoms with Gasteiger partial charge in [0.1, 0.15) is 0 Å². The van der Waals surface area contributed by atoms with Crippen molar-refractivity contribution in [2.75, 3.05) is 13.1 Å². The van der Waals surface area contributed by atoms with Crippen LogP contribution in [0.1, 0.15) is 13.8 Å². The minimum absolute atomic E-state index is 0.157. The van der Waals surface area contributed by atoms with Crippen LogP contribution >= 0.6 is 14.0 Å². The summed E-state index contributed by atoms with van der Waals surface area (Å²) in [5, 5.41) is 4.80. The van der Waals surface area contributed by atoms with Gasteiger partial charge in [-0.3, -0.25) is 4.79 Å². The fourth-order valence-corrected chi connectivity index (χ4v) is 15.3. The maximum absolute atomic E-state index is 16.4. The normalized spacial score (nSPS) is 11.6. The summed E-state index contributed by atoms with van der Waals surface area (Å²) < 4.78 is 16.4. The van der Waals surface area contributed by atoms with Crippen LogP contribution in [-0.4, -0.2) is 28.9 Å². The van der Waals surface area contributed by atoms with Crippen LogP contribution < -0.4 is 26.5 Å². The first-order valence-electron chi connectivity index (χ1n) is 14.0. The van der Waals surface area contributed by atoms with Crippen LogP contribution in [0.15, 0.2) is 152 Å². The van der Waals surface area contributed by atoms with Crippen LogP contribution in [0, 0.1) is 0 Å². The summed E-state index contributed by atoms with van der Waals surface area (Å²) in [6, 6.07) is 49.9. The van der Waals surface area contributed by atoms with Crippen LogP contribution in [0.3, 0.4) is 0 Å². The third-order valence-corrected chi connectivity index (χ3v) is 16.2. The van der Waals surface area contributed by atoms with E-state index >= 15 is 9.36 Å². The van der Waals surface area contributed by atoms with Crippen molar-refractivity contribution in [1.29, 1.82) is 0 Å². The predicted octanol–water partition coefficient (Wildman–Crippen LogP) is 5.99. The fraction of sp³-hybridized carbons (Fsp3) is 0.111. The number of benzene rings is 5. The Balaban J connectivity index is 2.16. The first-order chi connectivity index (χ1) is 20.1. The molecule has 0 aromatic heterocycles. The zero-order valence-electron chi connectivity index (χ0n) is 23.5. The lowest BCUT2D eigenvalue weighted by Crippen LogP contribution is -2.44. The zero-order chi connectivity index (χ0) is 28.7. The largest absolute Gasteiger partial charge is 0.339 e. The lowest BCUT2D eigenvalue weighted by Gasteiger charge is -2.37. The fourth-order valence-electron chi connectivity index (χ4n) is 5.58. The Kier molecular flexibility index (Phi) is 8.89. The molecule has 0 bridgehead atoms. The van der Waals surface area contributed by atoms with Crippen molar-refractivity contribution in [1.82, 2.24) is 4.90 Å². The summed E-state index contributed by atoms with van der Waals surface area (Å²) >= 11 is 0. The maximum Gasteiger partial charge on any atom is 0.259 e. The number of amides is 1. The number of hydrogen-bond acceptors (Lipinski definition) is 2. The SMILES string of the molecule is CCN(CC)C(=O)C(P(=O)(c1ccccc1)c1ccccc1)=P(c1ccccc1)(c1ccccc1)c1ccccc1. The van der Waals surface area contributed by atoms with E-state index in [1.807, 2.05) is 134 Å². The quantitative estimate of drug-likeness (QED) is 0.203. The van der Waals surface area contributed by atoms with E-state index in [9.17, 15) is 0 Å². The molecule has 0 saturated heterocycles. The van der Waals surface area contributed by atoms with Gasteiger partial charge in [0.15, 0.2) is 7.14 Å². The summed E-state index contributed by atoms with van der Waals surface area (Å²) in [4.78, 5) is 17.0. The van der Waals surface area contributed by atoms with Crippen LogP contribution in [0.25, 0.3) is 0 Å². The molecule has 0 fully saturated rings. The Morgan fingerprint density at radius 1 is 0.488 bits per heavy atom. The minimum atomic E-state index is -3.71. The van der Waals surface area contributed by atoms with Gasteiger partial charge in [-0.25, -0.2) is 0 Å². The lowest BCUT2D eigenvalue weighted by atomic mass is 10.4. The third-order valence-electron chi connectivity index (χ3n) is 7.53. The van der Waals surface area contributed by atoms with Gasteiger partial charge in [-0.1, -0.05) is 152 Å². The molecule has 0 atom stereocenters. The van der Waals surface area contributed by atoms with Crippen molar-refractivity contribution < 1.29 is 9.36 Å².